The van der Waals surface area contributed by atoms with Crippen LogP contribution < -0.4 is 5.56 Å². The van der Waals surface area contributed by atoms with Gasteiger partial charge in [0.1, 0.15) is 5.56 Å². The molecule has 0 aliphatic carbocycles. The maximum absolute atomic E-state index is 13.2. The summed E-state index contributed by atoms with van der Waals surface area (Å²) >= 11 is 0. The van der Waals surface area contributed by atoms with Gasteiger partial charge in [0.05, 0.1) is 19.9 Å². The second kappa shape index (κ2) is 8.52. The molecule has 0 saturated carbocycles. The molecule has 0 spiro atoms. The number of carbonyl (C=O) groups excluding carboxylic acids is 2. The summed E-state index contributed by atoms with van der Waals surface area (Å²) in [6.07, 6.45) is 0. The second-order valence-corrected chi connectivity index (χ2v) is 6.27. The largest absolute Gasteiger partial charge is 0.467 e. The summed E-state index contributed by atoms with van der Waals surface area (Å²) in [5.74, 6) is -1.46. The monoisotopic (exact) mass is 392 g/mol. The summed E-state index contributed by atoms with van der Waals surface area (Å²) in [5, 5.41) is 4.46. The van der Waals surface area contributed by atoms with Crippen molar-refractivity contribution in [2.45, 2.75) is 13.0 Å². The fourth-order valence-electron chi connectivity index (χ4n) is 3.05. The van der Waals surface area contributed by atoms with Crippen LogP contribution >= 0.6 is 0 Å². The molecule has 0 saturated heterocycles. The number of hydrogen-bond donors (Lipinski definition) is 0. The number of aromatic nitrogens is 2. The third-order valence-electron chi connectivity index (χ3n) is 4.52. The maximum atomic E-state index is 13.2. The van der Waals surface area contributed by atoms with Crippen LogP contribution in [0, 0.1) is 0 Å². The molecule has 1 atom stereocenters. The fraction of sp³-hybridized carbons (Fsp3) is 0.182. The Morgan fingerprint density at radius 1 is 0.897 bits per heavy atom. The fourth-order valence-corrected chi connectivity index (χ4v) is 3.05. The van der Waals surface area contributed by atoms with E-state index in [9.17, 15) is 14.4 Å². The molecule has 0 unspecified atom stereocenters. The molecule has 0 N–H and O–H groups in total. The SMILES string of the molecule is COC(=O)c1c(-c2ccccc2)c(-c2ccccc2)nn([C@@H](C)C(=O)OC)c1=O. The van der Waals surface area contributed by atoms with Gasteiger partial charge in [-0.25, -0.2) is 14.3 Å². The summed E-state index contributed by atoms with van der Waals surface area (Å²) in [4.78, 5) is 37.9. The highest BCUT2D eigenvalue weighted by Gasteiger charge is 2.29. The van der Waals surface area contributed by atoms with Gasteiger partial charge in [-0.1, -0.05) is 60.7 Å². The summed E-state index contributed by atoms with van der Waals surface area (Å²) in [6, 6.07) is 17.1. The Bertz CT molecular complexity index is 1090. The lowest BCUT2D eigenvalue weighted by atomic mass is 9.95. The molecule has 0 amide bonds. The maximum Gasteiger partial charge on any atom is 0.344 e. The van der Waals surface area contributed by atoms with Gasteiger partial charge in [0.25, 0.3) is 5.56 Å². The third-order valence-corrected chi connectivity index (χ3v) is 4.52. The molecule has 1 heterocycles. The highest BCUT2D eigenvalue weighted by Crippen LogP contribution is 2.32. The zero-order valence-electron chi connectivity index (χ0n) is 16.3. The lowest BCUT2D eigenvalue weighted by Gasteiger charge is -2.18. The first kappa shape index (κ1) is 20.0. The van der Waals surface area contributed by atoms with E-state index in [-0.39, 0.29) is 5.56 Å². The van der Waals surface area contributed by atoms with Crippen LogP contribution in [-0.4, -0.2) is 35.9 Å². The van der Waals surface area contributed by atoms with E-state index in [0.717, 1.165) is 4.68 Å². The van der Waals surface area contributed by atoms with Crippen molar-refractivity contribution in [3.8, 4) is 22.4 Å². The van der Waals surface area contributed by atoms with Gasteiger partial charge in [-0.15, -0.1) is 0 Å². The van der Waals surface area contributed by atoms with E-state index in [1.165, 1.54) is 21.1 Å². The first-order valence-electron chi connectivity index (χ1n) is 8.93. The number of methoxy groups -OCH3 is 2. The van der Waals surface area contributed by atoms with Crippen LogP contribution in [0.4, 0.5) is 0 Å². The molecule has 7 heteroatoms. The Morgan fingerprint density at radius 3 is 1.97 bits per heavy atom. The number of hydrogen-bond acceptors (Lipinski definition) is 6. The van der Waals surface area contributed by atoms with Crippen molar-refractivity contribution in [2.75, 3.05) is 14.2 Å². The molecule has 2 aromatic carbocycles. The smallest absolute Gasteiger partial charge is 0.344 e. The van der Waals surface area contributed by atoms with Crippen LogP contribution in [0.1, 0.15) is 23.3 Å². The highest BCUT2D eigenvalue weighted by atomic mass is 16.5. The topological polar surface area (TPSA) is 87.5 Å². The van der Waals surface area contributed by atoms with Gasteiger partial charge in [-0.05, 0) is 12.5 Å². The summed E-state index contributed by atoms with van der Waals surface area (Å²) in [6.45, 7) is 1.48. The van der Waals surface area contributed by atoms with Crippen molar-refractivity contribution in [1.29, 1.82) is 0 Å². The van der Waals surface area contributed by atoms with Crippen molar-refractivity contribution in [2.24, 2.45) is 0 Å². The zero-order valence-corrected chi connectivity index (χ0v) is 16.3. The molecule has 7 nitrogen and oxygen atoms in total. The van der Waals surface area contributed by atoms with Crippen LogP contribution in [0.2, 0.25) is 0 Å². The predicted octanol–water partition coefficient (Wildman–Crippen LogP) is 3.10. The molecule has 0 aliphatic rings. The number of nitrogens with zero attached hydrogens (tertiary/aromatic N) is 2. The minimum Gasteiger partial charge on any atom is -0.467 e. The number of rotatable bonds is 5. The molecule has 0 bridgehead atoms. The zero-order chi connectivity index (χ0) is 21.0. The van der Waals surface area contributed by atoms with Crippen molar-refractivity contribution in [1.82, 2.24) is 9.78 Å². The third kappa shape index (κ3) is 3.80. The van der Waals surface area contributed by atoms with Crippen LogP contribution in [0.5, 0.6) is 0 Å². The Kier molecular flexibility index (Phi) is 5.87. The van der Waals surface area contributed by atoms with E-state index in [1.807, 2.05) is 36.4 Å². The van der Waals surface area contributed by atoms with Crippen molar-refractivity contribution < 1.29 is 19.1 Å². The molecule has 3 aromatic rings. The Morgan fingerprint density at radius 2 is 1.45 bits per heavy atom. The van der Waals surface area contributed by atoms with Gasteiger partial charge in [0, 0.05) is 11.1 Å². The van der Waals surface area contributed by atoms with Gasteiger partial charge in [-0.2, -0.15) is 5.10 Å². The van der Waals surface area contributed by atoms with Crippen LogP contribution in [0.25, 0.3) is 22.4 Å². The van der Waals surface area contributed by atoms with Crippen molar-refractivity contribution in [3.63, 3.8) is 0 Å². The Hall–Kier alpha value is -3.74. The van der Waals surface area contributed by atoms with E-state index >= 15 is 0 Å². The lowest BCUT2D eigenvalue weighted by Crippen LogP contribution is -2.36. The van der Waals surface area contributed by atoms with Crippen LogP contribution in [-0.2, 0) is 14.3 Å². The van der Waals surface area contributed by atoms with Gasteiger partial charge in [0.2, 0.25) is 0 Å². The van der Waals surface area contributed by atoms with E-state index in [2.05, 4.69) is 5.10 Å². The number of esters is 2. The molecule has 148 valence electrons. The molecular formula is C22H20N2O5. The quantitative estimate of drug-likeness (QED) is 0.620. The molecule has 3 rings (SSSR count). The summed E-state index contributed by atoms with van der Waals surface area (Å²) in [5.41, 5.74) is 1.13. The normalized spacial score (nSPS) is 11.6. The second-order valence-electron chi connectivity index (χ2n) is 6.27. The predicted molar refractivity (Wildman–Crippen MR) is 107 cm³/mol. The van der Waals surface area contributed by atoms with E-state index in [4.69, 9.17) is 9.47 Å². The van der Waals surface area contributed by atoms with Gasteiger partial charge in [0.15, 0.2) is 6.04 Å². The molecular weight excluding hydrogens is 372 g/mol. The average Bonchev–Trinajstić information content (AvgIpc) is 2.78. The first-order valence-corrected chi connectivity index (χ1v) is 8.93. The molecule has 0 fully saturated rings. The van der Waals surface area contributed by atoms with E-state index in [1.54, 1.807) is 24.3 Å². The molecule has 0 radical (unpaired) electrons. The van der Waals surface area contributed by atoms with E-state index < -0.39 is 23.5 Å². The summed E-state index contributed by atoms with van der Waals surface area (Å²) < 4.78 is 10.6. The van der Waals surface area contributed by atoms with Gasteiger partial charge >= 0.3 is 11.9 Å². The van der Waals surface area contributed by atoms with E-state index in [0.29, 0.717) is 22.4 Å². The minimum absolute atomic E-state index is 0.191. The molecule has 29 heavy (non-hydrogen) atoms. The Labute approximate surface area is 167 Å². The molecule has 1 aromatic heterocycles. The minimum atomic E-state index is -1.02. The van der Waals surface area contributed by atoms with Crippen molar-refractivity contribution in [3.05, 3.63) is 76.6 Å². The van der Waals surface area contributed by atoms with Crippen molar-refractivity contribution >= 4 is 11.9 Å². The van der Waals surface area contributed by atoms with Gasteiger partial charge < -0.3 is 9.47 Å². The van der Waals surface area contributed by atoms with Gasteiger partial charge in [-0.3, -0.25) is 4.79 Å². The number of carbonyl (C=O) groups is 2. The highest BCUT2D eigenvalue weighted by molar-refractivity contribution is 6.00. The molecule has 0 aliphatic heterocycles. The van der Waals surface area contributed by atoms with Crippen LogP contribution in [0.3, 0.4) is 0 Å². The average molecular weight is 392 g/mol. The summed E-state index contributed by atoms with van der Waals surface area (Å²) in [7, 11) is 2.43. The Balaban J connectivity index is 2.45. The van der Waals surface area contributed by atoms with Crippen LogP contribution in [0.15, 0.2) is 65.5 Å². The number of benzene rings is 2. The lowest BCUT2D eigenvalue weighted by molar-refractivity contribution is -0.144. The standard InChI is InChI=1S/C22H20N2O5/c1-14(21(26)28-2)24-20(25)18(22(27)29-3)17(15-10-6-4-7-11-15)19(23-24)16-12-8-5-9-13-16/h4-14H,1-3H3/t14-/m0/s1. The number of ether oxygens (including phenoxy) is 2. The first-order chi connectivity index (χ1) is 14.0.